The van der Waals surface area contributed by atoms with Gasteiger partial charge in [-0.15, -0.1) is 11.3 Å². The maximum Gasteiger partial charge on any atom is 0.0794 e. The van der Waals surface area contributed by atoms with Crippen molar-refractivity contribution in [3.05, 3.63) is 16.6 Å². The van der Waals surface area contributed by atoms with Crippen LogP contribution in [0.25, 0.3) is 0 Å². The van der Waals surface area contributed by atoms with E-state index >= 15 is 0 Å². The number of rotatable bonds is 5. The first kappa shape index (κ1) is 12.5. The van der Waals surface area contributed by atoms with E-state index in [0.717, 1.165) is 44.4 Å². The van der Waals surface area contributed by atoms with E-state index in [2.05, 4.69) is 25.8 Å². The molecule has 1 aliphatic heterocycles. The Labute approximate surface area is 109 Å². The van der Waals surface area contributed by atoms with E-state index in [1.807, 2.05) is 11.7 Å². The van der Waals surface area contributed by atoms with Gasteiger partial charge in [0.05, 0.1) is 18.2 Å². The van der Waals surface area contributed by atoms with Crippen molar-refractivity contribution in [3.8, 4) is 0 Å². The number of likely N-dealkylation sites (tertiary alicyclic amines) is 1. The number of hydrogen-bond acceptors (Lipinski definition) is 4. The molecule has 0 spiro atoms. The van der Waals surface area contributed by atoms with E-state index in [-0.39, 0.29) is 0 Å². The quantitative estimate of drug-likeness (QED) is 0.782. The van der Waals surface area contributed by atoms with Crippen molar-refractivity contribution in [2.45, 2.75) is 25.5 Å². The minimum atomic E-state index is 0.468. The molecule has 2 heterocycles. The molecule has 0 unspecified atom stereocenters. The molecule has 3 nitrogen and oxygen atoms in total. The molecule has 1 aromatic heterocycles. The van der Waals surface area contributed by atoms with Crippen LogP contribution in [0.3, 0.4) is 0 Å². The summed E-state index contributed by atoms with van der Waals surface area (Å²) in [5.41, 5.74) is 1.90. The number of thiazole rings is 1. The monoisotopic (exact) mass is 304 g/mol. The number of aromatic nitrogens is 1. The molecule has 90 valence electrons. The van der Waals surface area contributed by atoms with Crippen LogP contribution in [0, 0.1) is 0 Å². The second-order valence-corrected chi connectivity index (χ2v) is 5.77. The van der Waals surface area contributed by atoms with Gasteiger partial charge in [-0.1, -0.05) is 15.9 Å². The Kier molecular flexibility index (Phi) is 5.22. The maximum absolute atomic E-state index is 5.73. The molecular weight excluding hydrogens is 288 g/mol. The van der Waals surface area contributed by atoms with Crippen LogP contribution < -0.4 is 0 Å². The van der Waals surface area contributed by atoms with Crippen LogP contribution in [0.1, 0.15) is 17.7 Å². The van der Waals surface area contributed by atoms with Crippen LogP contribution >= 0.6 is 27.3 Å². The first-order chi connectivity index (χ1) is 7.88. The summed E-state index contributed by atoms with van der Waals surface area (Å²) in [6.45, 7) is 4.17. The zero-order chi connectivity index (χ0) is 11.2. The van der Waals surface area contributed by atoms with E-state index < -0.39 is 0 Å². The van der Waals surface area contributed by atoms with Crippen LogP contribution in [0.15, 0.2) is 11.7 Å². The number of ether oxygens (including phenoxy) is 1. The Morgan fingerprint density at radius 3 is 2.94 bits per heavy atom. The smallest absolute Gasteiger partial charge is 0.0794 e. The summed E-state index contributed by atoms with van der Waals surface area (Å²) in [5, 5.41) is 0.939. The Morgan fingerprint density at radius 1 is 1.50 bits per heavy atom. The molecule has 16 heavy (non-hydrogen) atoms. The molecule has 1 fully saturated rings. The predicted octanol–water partition coefficient (Wildman–Crippen LogP) is 2.52. The zero-order valence-electron chi connectivity index (χ0n) is 9.27. The maximum atomic E-state index is 5.73. The highest BCUT2D eigenvalue weighted by Gasteiger charge is 2.19. The molecule has 1 aliphatic rings. The molecule has 0 aromatic carbocycles. The van der Waals surface area contributed by atoms with Crippen molar-refractivity contribution in [1.29, 1.82) is 0 Å². The molecule has 2 rings (SSSR count). The van der Waals surface area contributed by atoms with E-state index in [1.165, 1.54) is 4.88 Å². The molecular formula is C11H17BrN2OS. The molecule has 1 saturated heterocycles. The third-order valence-corrected chi connectivity index (χ3v) is 3.92. The molecule has 0 aliphatic carbocycles. The third-order valence-electron chi connectivity index (χ3n) is 2.83. The van der Waals surface area contributed by atoms with Gasteiger partial charge in [0.2, 0.25) is 0 Å². The van der Waals surface area contributed by atoms with Gasteiger partial charge in [0, 0.05) is 36.0 Å². The van der Waals surface area contributed by atoms with Crippen molar-refractivity contribution in [3.63, 3.8) is 0 Å². The fourth-order valence-corrected chi connectivity index (χ4v) is 2.81. The number of halogens is 1. The standard InChI is InChI=1S/C11H17BrN2OS/c12-3-6-15-10-1-4-14(5-2-10)8-11-7-13-9-16-11/h7,9-10H,1-6,8H2. The number of nitrogens with zero attached hydrogens (tertiary/aromatic N) is 2. The van der Waals surface area contributed by atoms with Crippen molar-refractivity contribution >= 4 is 27.3 Å². The Bertz CT molecular complexity index is 286. The highest BCUT2D eigenvalue weighted by molar-refractivity contribution is 9.09. The van der Waals surface area contributed by atoms with Gasteiger partial charge in [0.25, 0.3) is 0 Å². The number of hydrogen-bond donors (Lipinski definition) is 0. The van der Waals surface area contributed by atoms with Crippen LogP contribution in [0.5, 0.6) is 0 Å². The molecule has 1 aromatic rings. The van der Waals surface area contributed by atoms with Gasteiger partial charge in [-0.25, -0.2) is 0 Å². The van der Waals surface area contributed by atoms with E-state index in [1.54, 1.807) is 11.3 Å². The van der Waals surface area contributed by atoms with Gasteiger partial charge in [-0.3, -0.25) is 9.88 Å². The minimum Gasteiger partial charge on any atom is -0.377 e. The molecule has 5 heteroatoms. The van der Waals surface area contributed by atoms with Gasteiger partial charge in [0.15, 0.2) is 0 Å². The predicted molar refractivity (Wildman–Crippen MR) is 70.2 cm³/mol. The zero-order valence-corrected chi connectivity index (χ0v) is 11.7. The molecule has 0 atom stereocenters. The van der Waals surface area contributed by atoms with Crippen molar-refractivity contribution < 1.29 is 4.74 Å². The average molecular weight is 305 g/mol. The highest BCUT2D eigenvalue weighted by Crippen LogP contribution is 2.17. The normalized spacial score (nSPS) is 19.1. The summed E-state index contributed by atoms with van der Waals surface area (Å²) < 4.78 is 5.73. The summed E-state index contributed by atoms with van der Waals surface area (Å²) in [6, 6.07) is 0. The fraction of sp³-hybridized carbons (Fsp3) is 0.727. The first-order valence-corrected chi connectivity index (χ1v) is 7.66. The summed E-state index contributed by atoms with van der Waals surface area (Å²) in [4.78, 5) is 7.95. The largest absolute Gasteiger partial charge is 0.377 e. The fourth-order valence-electron chi connectivity index (χ4n) is 1.99. The lowest BCUT2D eigenvalue weighted by Crippen LogP contribution is -2.36. The Morgan fingerprint density at radius 2 is 2.31 bits per heavy atom. The summed E-state index contributed by atoms with van der Waals surface area (Å²) >= 11 is 5.13. The van der Waals surface area contributed by atoms with Gasteiger partial charge in [0.1, 0.15) is 0 Å². The van der Waals surface area contributed by atoms with Gasteiger partial charge in [-0.05, 0) is 12.8 Å². The van der Waals surface area contributed by atoms with Crippen LogP contribution in [0.4, 0.5) is 0 Å². The minimum absolute atomic E-state index is 0.468. The lowest BCUT2D eigenvalue weighted by Gasteiger charge is -2.31. The summed E-state index contributed by atoms with van der Waals surface area (Å²) in [5.74, 6) is 0. The van der Waals surface area contributed by atoms with E-state index in [0.29, 0.717) is 6.10 Å². The first-order valence-electron chi connectivity index (χ1n) is 5.66. The third kappa shape index (κ3) is 3.80. The SMILES string of the molecule is BrCCOC1CCN(Cc2cncs2)CC1. The Balaban J connectivity index is 1.69. The molecule has 0 N–H and O–H groups in total. The lowest BCUT2D eigenvalue weighted by molar-refractivity contribution is 0.0143. The molecule has 0 saturated carbocycles. The van der Waals surface area contributed by atoms with E-state index in [9.17, 15) is 0 Å². The van der Waals surface area contributed by atoms with Crippen LogP contribution in [-0.4, -0.2) is 41.0 Å². The average Bonchev–Trinajstić information content (AvgIpc) is 2.81. The lowest BCUT2D eigenvalue weighted by atomic mass is 10.1. The molecule has 0 amide bonds. The van der Waals surface area contributed by atoms with Crippen LogP contribution in [-0.2, 0) is 11.3 Å². The Hall–Kier alpha value is 0.0300. The van der Waals surface area contributed by atoms with Gasteiger partial charge in [-0.2, -0.15) is 0 Å². The molecule has 0 bridgehead atoms. The second-order valence-electron chi connectivity index (χ2n) is 4.00. The summed E-state index contributed by atoms with van der Waals surface area (Å²) in [6.07, 6.45) is 4.76. The van der Waals surface area contributed by atoms with E-state index in [4.69, 9.17) is 4.74 Å². The van der Waals surface area contributed by atoms with Crippen molar-refractivity contribution in [1.82, 2.24) is 9.88 Å². The van der Waals surface area contributed by atoms with Crippen molar-refractivity contribution in [2.75, 3.05) is 25.0 Å². The summed E-state index contributed by atoms with van der Waals surface area (Å²) in [7, 11) is 0. The number of alkyl halides is 1. The van der Waals surface area contributed by atoms with Gasteiger partial charge >= 0.3 is 0 Å². The number of piperidine rings is 1. The van der Waals surface area contributed by atoms with Gasteiger partial charge < -0.3 is 4.74 Å². The van der Waals surface area contributed by atoms with Crippen LogP contribution in [0.2, 0.25) is 0 Å². The topological polar surface area (TPSA) is 25.4 Å². The molecule has 0 radical (unpaired) electrons. The highest BCUT2D eigenvalue weighted by atomic mass is 79.9. The second kappa shape index (κ2) is 6.69. The van der Waals surface area contributed by atoms with Crippen molar-refractivity contribution in [2.24, 2.45) is 0 Å².